The lowest BCUT2D eigenvalue weighted by Gasteiger charge is -2.04. The van der Waals surface area contributed by atoms with Crippen LogP contribution in [0.5, 0.6) is 0 Å². The monoisotopic (exact) mass is 228 g/mol. The maximum Gasteiger partial charge on any atom is 0.141 e. The van der Waals surface area contributed by atoms with Crippen LogP contribution in [0.25, 0.3) is 11.4 Å². The van der Waals surface area contributed by atoms with Crippen molar-refractivity contribution in [1.29, 1.82) is 0 Å². The van der Waals surface area contributed by atoms with Gasteiger partial charge in [-0.15, -0.1) is 0 Å². The van der Waals surface area contributed by atoms with Crippen LogP contribution in [0.2, 0.25) is 0 Å². The summed E-state index contributed by atoms with van der Waals surface area (Å²) < 4.78 is 0. The second-order valence-corrected chi connectivity index (χ2v) is 4.53. The van der Waals surface area contributed by atoms with Gasteiger partial charge in [0, 0.05) is 17.8 Å². The van der Waals surface area contributed by atoms with Gasteiger partial charge in [0.25, 0.3) is 0 Å². The maximum absolute atomic E-state index is 5.87. The molecule has 2 aromatic rings. The van der Waals surface area contributed by atoms with Crippen LogP contribution >= 0.6 is 0 Å². The largest absolute Gasteiger partial charge is 0.383 e. The van der Waals surface area contributed by atoms with Gasteiger partial charge in [-0.2, -0.15) is 0 Å². The molecule has 1 unspecified atom stereocenters. The summed E-state index contributed by atoms with van der Waals surface area (Å²) in [5, 5.41) is 0. The van der Waals surface area contributed by atoms with Gasteiger partial charge in [-0.25, -0.2) is 9.97 Å². The third-order valence-electron chi connectivity index (χ3n) is 3.53. The summed E-state index contributed by atoms with van der Waals surface area (Å²) in [5.74, 6) is 2.00. The summed E-state index contributed by atoms with van der Waals surface area (Å²) in [6.45, 7) is 2.21. The predicted molar refractivity (Wildman–Crippen MR) is 67.6 cm³/mol. The van der Waals surface area contributed by atoms with Crippen LogP contribution in [0.15, 0.2) is 18.3 Å². The molecule has 1 aliphatic carbocycles. The van der Waals surface area contributed by atoms with E-state index in [4.69, 9.17) is 10.7 Å². The Morgan fingerprint density at radius 3 is 3.18 bits per heavy atom. The van der Waals surface area contributed by atoms with Crippen molar-refractivity contribution in [2.45, 2.75) is 32.1 Å². The maximum atomic E-state index is 5.87. The van der Waals surface area contributed by atoms with E-state index in [0.717, 1.165) is 24.2 Å². The number of rotatable bonds is 2. The normalized spacial score (nSPS) is 18.3. The number of hydrogen-bond donors (Lipinski definition) is 2. The van der Waals surface area contributed by atoms with Crippen molar-refractivity contribution in [2.75, 3.05) is 5.73 Å². The summed E-state index contributed by atoms with van der Waals surface area (Å²) in [6.07, 6.45) is 5.17. The predicted octanol–water partition coefficient (Wildman–Crippen LogP) is 2.49. The third kappa shape index (κ3) is 1.60. The molecule has 0 aromatic carbocycles. The van der Waals surface area contributed by atoms with Gasteiger partial charge in [-0.05, 0) is 31.4 Å². The van der Waals surface area contributed by atoms with Gasteiger partial charge in [-0.3, -0.25) is 0 Å². The van der Waals surface area contributed by atoms with Crippen LogP contribution in [0.4, 0.5) is 5.82 Å². The molecular formula is C13H16N4. The molecule has 3 rings (SSSR count). The Labute approximate surface area is 100 Å². The number of nitrogens with one attached hydrogen (secondary N) is 1. The Morgan fingerprint density at radius 1 is 1.53 bits per heavy atom. The molecule has 4 nitrogen and oxygen atoms in total. The van der Waals surface area contributed by atoms with Crippen LogP contribution < -0.4 is 5.73 Å². The van der Waals surface area contributed by atoms with E-state index in [9.17, 15) is 0 Å². The van der Waals surface area contributed by atoms with Crippen LogP contribution in [-0.4, -0.2) is 15.0 Å². The number of aromatic nitrogens is 3. The number of aryl methyl sites for hydroxylation is 1. The van der Waals surface area contributed by atoms with Crippen molar-refractivity contribution in [3.63, 3.8) is 0 Å². The van der Waals surface area contributed by atoms with E-state index in [2.05, 4.69) is 16.9 Å². The molecule has 1 aliphatic rings. The number of aromatic amines is 1. The molecule has 0 spiro atoms. The topological polar surface area (TPSA) is 67.6 Å². The molecule has 1 atom stereocenters. The van der Waals surface area contributed by atoms with E-state index in [1.165, 1.54) is 17.8 Å². The highest BCUT2D eigenvalue weighted by atomic mass is 15.0. The first-order valence-corrected chi connectivity index (χ1v) is 6.09. The van der Waals surface area contributed by atoms with Crippen molar-refractivity contribution in [1.82, 2.24) is 15.0 Å². The van der Waals surface area contributed by atoms with E-state index in [0.29, 0.717) is 11.7 Å². The van der Waals surface area contributed by atoms with Crippen molar-refractivity contribution < 1.29 is 0 Å². The molecule has 0 amide bonds. The van der Waals surface area contributed by atoms with Gasteiger partial charge in [0.05, 0.1) is 11.3 Å². The van der Waals surface area contributed by atoms with Gasteiger partial charge in [-0.1, -0.05) is 6.92 Å². The first-order valence-electron chi connectivity index (χ1n) is 6.09. The molecule has 17 heavy (non-hydrogen) atoms. The van der Waals surface area contributed by atoms with Crippen LogP contribution in [0.1, 0.15) is 37.1 Å². The first kappa shape index (κ1) is 10.3. The molecule has 4 heteroatoms. The summed E-state index contributed by atoms with van der Waals surface area (Å²) in [7, 11) is 0. The molecule has 0 radical (unpaired) electrons. The van der Waals surface area contributed by atoms with E-state index < -0.39 is 0 Å². The highest BCUT2D eigenvalue weighted by Crippen LogP contribution is 2.35. The van der Waals surface area contributed by atoms with Crippen LogP contribution in [-0.2, 0) is 6.42 Å². The molecule has 2 aromatic heterocycles. The zero-order chi connectivity index (χ0) is 11.8. The lowest BCUT2D eigenvalue weighted by Crippen LogP contribution is -1.96. The SMILES string of the molecule is CCC1CCc2[nH]c(-c3cccnc3N)nc21. The zero-order valence-corrected chi connectivity index (χ0v) is 9.90. The molecule has 0 aliphatic heterocycles. The lowest BCUT2D eigenvalue weighted by molar-refractivity contribution is 0.641. The summed E-state index contributed by atoms with van der Waals surface area (Å²) >= 11 is 0. The van der Waals surface area contributed by atoms with Crippen molar-refractivity contribution in [2.24, 2.45) is 0 Å². The fourth-order valence-electron chi connectivity index (χ4n) is 2.55. The Kier molecular flexibility index (Phi) is 2.35. The number of nitrogen functional groups attached to an aromatic ring is 1. The van der Waals surface area contributed by atoms with E-state index in [1.807, 2.05) is 12.1 Å². The van der Waals surface area contributed by atoms with Gasteiger partial charge in [0.2, 0.25) is 0 Å². The van der Waals surface area contributed by atoms with Crippen LogP contribution in [0.3, 0.4) is 0 Å². The third-order valence-corrected chi connectivity index (χ3v) is 3.53. The first-order chi connectivity index (χ1) is 8.29. The van der Waals surface area contributed by atoms with E-state index >= 15 is 0 Å². The van der Waals surface area contributed by atoms with Crippen molar-refractivity contribution >= 4 is 5.82 Å². The Morgan fingerprint density at radius 2 is 2.41 bits per heavy atom. The zero-order valence-electron chi connectivity index (χ0n) is 9.90. The van der Waals surface area contributed by atoms with E-state index in [-0.39, 0.29) is 0 Å². The van der Waals surface area contributed by atoms with Gasteiger partial charge < -0.3 is 10.7 Å². The summed E-state index contributed by atoms with van der Waals surface area (Å²) in [5.41, 5.74) is 9.27. The highest BCUT2D eigenvalue weighted by molar-refractivity contribution is 5.68. The number of pyridine rings is 1. The molecule has 0 fully saturated rings. The fraction of sp³-hybridized carbons (Fsp3) is 0.385. The lowest BCUT2D eigenvalue weighted by atomic mass is 10.1. The fourth-order valence-corrected chi connectivity index (χ4v) is 2.55. The number of H-pyrrole nitrogens is 1. The van der Waals surface area contributed by atoms with E-state index in [1.54, 1.807) is 6.20 Å². The second-order valence-electron chi connectivity index (χ2n) is 4.53. The molecule has 2 heterocycles. The summed E-state index contributed by atoms with van der Waals surface area (Å²) in [4.78, 5) is 12.2. The molecule has 3 N–H and O–H groups in total. The smallest absolute Gasteiger partial charge is 0.141 e. The second kappa shape index (κ2) is 3.87. The average molecular weight is 228 g/mol. The quantitative estimate of drug-likeness (QED) is 0.829. The summed E-state index contributed by atoms with van der Waals surface area (Å²) in [6, 6.07) is 3.84. The van der Waals surface area contributed by atoms with Gasteiger partial charge >= 0.3 is 0 Å². The highest BCUT2D eigenvalue weighted by Gasteiger charge is 2.25. The molecule has 0 bridgehead atoms. The number of hydrogen-bond acceptors (Lipinski definition) is 3. The minimum Gasteiger partial charge on any atom is -0.383 e. The minimum atomic E-state index is 0.535. The molecule has 88 valence electrons. The minimum absolute atomic E-state index is 0.535. The number of nitrogens with zero attached hydrogens (tertiary/aromatic N) is 2. The Bertz CT molecular complexity index is 544. The van der Waals surface area contributed by atoms with Crippen molar-refractivity contribution in [3.05, 3.63) is 29.7 Å². The van der Waals surface area contributed by atoms with Crippen LogP contribution in [0, 0.1) is 0 Å². The number of imidazole rings is 1. The number of fused-ring (bicyclic) bond motifs is 1. The number of nitrogens with two attached hydrogens (primary N) is 1. The average Bonchev–Trinajstić information content (AvgIpc) is 2.88. The van der Waals surface area contributed by atoms with Gasteiger partial charge in [0.15, 0.2) is 0 Å². The standard InChI is InChI=1S/C13H16N4/c1-2-8-5-6-10-11(8)17-13(16-10)9-4-3-7-15-12(9)14/h3-4,7-8H,2,5-6H2,1H3,(H2,14,15)(H,16,17). The Balaban J connectivity index is 2.04. The van der Waals surface area contributed by atoms with Crippen molar-refractivity contribution in [3.8, 4) is 11.4 Å². The Hall–Kier alpha value is -1.84. The number of anilines is 1. The molecule has 0 saturated heterocycles. The molecule has 0 saturated carbocycles. The van der Waals surface area contributed by atoms with Gasteiger partial charge in [0.1, 0.15) is 11.6 Å². The molecular weight excluding hydrogens is 212 g/mol.